The molecule has 0 saturated carbocycles. The van der Waals surface area contributed by atoms with Crippen LogP contribution in [0.3, 0.4) is 0 Å². The number of rotatable bonds is 26. The second-order valence-corrected chi connectivity index (χ2v) is 12.7. The summed E-state index contributed by atoms with van der Waals surface area (Å²) >= 11 is 0. The predicted octanol–water partition coefficient (Wildman–Crippen LogP) is -4.17. The molecule has 20 heteroatoms. The van der Waals surface area contributed by atoms with Gasteiger partial charge < -0.3 is 69.5 Å². The molecule has 0 radical (unpaired) electrons. The van der Waals surface area contributed by atoms with Gasteiger partial charge in [-0.3, -0.25) is 33.7 Å². The summed E-state index contributed by atoms with van der Waals surface area (Å²) in [5.41, 5.74) is 38.8. The van der Waals surface area contributed by atoms with E-state index in [0.717, 1.165) is 0 Å². The SMILES string of the molecule is CCN(CN)C(=O)CCN(CCC(=O)N(CN)CN)C(=O)CCN(CCC(=O)N(CCC(=O)N(CN)CN)CCC(=O)N(CN)CN)C(C)(C)C. The van der Waals surface area contributed by atoms with Crippen LogP contribution in [0.25, 0.3) is 0 Å². The Morgan fingerprint density at radius 3 is 0.804 bits per heavy atom. The van der Waals surface area contributed by atoms with Crippen LogP contribution < -0.4 is 40.1 Å². The zero-order valence-corrected chi connectivity index (χ0v) is 31.3. The maximum atomic E-state index is 13.6. The Labute approximate surface area is 302 Å². The van der Waals surface area contributed by atoms with Gasteiger partial charge in [-0.25, -0.2) is 0 Å². The Bertz CT molecular complexity index is 944. The molecule has 0 aliphatic carbocycles. The van der Waals surface area contributed by atoms with E-state index in [0.29, 0.717) is 6.54 Å². The van der Waals surface area contributed by atoms with Crippen LogP contribution in [0.4, 0.5) is 0 Å². The Hall–Kier alpha value is -3.50. The van der Waals surface area contributed by atoms with Crippen molar-refractivity contribution in [1.82, 2.24) is 34.3 Å². The van der Waals surface area contributed by atoms with Gasteiger partial charge in [0.1, 0.15) is 0 Å². The summed E-state index contributed by atoms with van der Waals surface area (Å²) in [6.07, 6.45) is 0.0105. The minimum Gasteiger partial charge on any atom is -0.342 e. The van der Waals surface area contributed by atoms with Crippen LogP contribution in [0, 0.1) is 0 Å². The van der Waals surface area contributed by atoms with E-state index in [1.54, 1.807) is 6.92 Å². The van der Waals surface area contributed by atoms with Crippen LogP contribution in [0.15, 0.2) is 0 Å². The molecule has 0 rings (SSSR count). The van der Waals surface area contributed by atoms with Gasteiger partial charge in [0.25, 0.3) is 0 Å². The second kappa shape index (κ2) is 25.5. The lowest BCUT2D eigenvalue weighted by Gasteiger charge is -2.36. The molecular formula is C31H66N14O6. The number of carbonyl (C=O) groups is 6. The lowest BCUT2D eigenvalue weighted by Crippen LogP contribution is -2.47. The van der Waals surface area contributed by atoms with E-state index in [2.05, 4.69) is 0 Å². The average molecular weight is 731 g/mol. The van der Waals surface area contributed by atoms with Gasteiger partial charge in [0, 0.05) is 89.9 Å². The Kier molecular flexibility index (Phi) is 23.7. The maximum Gasteiger partial charge on any atom is 0.226 e. The minimum atomic E-state index is -0.453. The number of amides is 6. The van der Waals surface area contributed by atoms with Gasteiger partial charge in [0.2, 0.25) is 35.4 Å². The largest absolute Gasteiger partial charge is 0.342 e. The normalized spacial score (nSPS) is 11.3. The molecule has 14 N–H and O–H groups in total. The monoisotopic (exact) mass is 731 g/mol. The van der Waals surface area contributed by atoms with Gasteiger partial charge in [-0.1, -0.05) is 0 Å². The lowest BCUT2D eigenvalue weighted by atomic mass is 10.0. The van der Waals surface area contributed by atoms with Crippen LogP contribution in [0.2, 0.25) is 0 Å². The molecule has 0 aromatic heterocycles. The summed E-state index contributed by atoms with van der Waals surface area (Å²) in [4.78, 5) is 87.7. The Balaban J connectivity index is 5.81. The van der Waals surface area contributed by atoms with E-state index in [1.807, 2.05) is 25.7 Å². The first kappa shape index (κ1) is 47.5. The smallest absolute Gasteiger partial charge is 0.226 e. The van der Waals surface area contributed by atoms with Crippen molar-refractivity contribution in [3.8, 4) is 0 Å². The molecule has 6 amide bonds. The Morgan fingerprint density at radius 1 is 0.373 bits per heavy atom. The van der Waals surface area contributed by atoms with Crippen molar-refractivity contribution in [3.05, 3.63) is 0 Å². The third-order valence-electron chi connectivity index (χ3n) is 8.56. The highest BCUT2D eigenvalue weighted by atomic mass is 16.2. The summed E-state index contributed by atoms with van der Waals surface area (Å²) < 4.78 is 0. The highest BCUT2D eigenvalue weighted by Crippen LogP contribution is 2.16. The molecule has 0 aliphatic heterocycles. The summed E-state index contributed by atoms with van der Waals surface area (Å²) in [6.45, 7) is 8.50. The van der Waals surface area contributed by atoms with Gasteiger partial charge in [0.05, 0.1) is 46.7 Å². The van der Waals surface area contributed by atoms with E-state index >= 15 is 0 Å². The standard InChI is InChI=1S/C31H66N14O6/c1-5-39(18-32)25(46)6-12-40(13-7-28(49)42(19-33)20-34)26(47)10-16-45(31(2,3)4)17-11-27(48)41(14-8-29(50)43(21-35)22-36)15-9-30(51)44(23-37)24-38/h5-24,32-38H2,1-4H3. The molecule has 0 aromatic rings. The van der Waals surface area contributed by atoms with E-state index < -0.39 is 5.54 Å². The zero-order chi connectivity index (χ0) is 39.1. The number of hydrogen-bond donors (Lipinski definition) is 7. The summed E-state index contributed by atoms with van der Waals surface area (Å²) in [7, 11) is 0. The fourth-order valence-corrected chi connectivity index (χ4v) is 5.08. The van der Waals surface area contributed by atoms with E-state index in [-0.39, 0.29) is 160 Å². The fourth-order valence-electron chi connectivity index (χ4n) is 5.08. The van der Waals surface area contributed by atoms with Crippen molar-refractivity contribution in [2.75, 3.05) is 92.5 Å². The lowest BCUT2D eigenvalue weighted by molar-refractivity contribution is -0.137. The van der Waals surface area contributed by atoms with Crippen molar-refractivity contribution < 1.29 is 28.8 Å². The van der Waals surface area contributed by atoms with E-state index in [1.165, 1.54) is 29.4 Å². The summed E-state index contributed by atoms with van der Waals surface area (Å²) in [6, 6.07) is 0. The first-order chi connectivity index (χ1) is 24.1. The molecule has 0 bridgehead atoms. The van der Waals surface area contributed by atoms with Gasteiger partial charge in [-0.15, -0.1) is 0 Å². The van der Waals surface area contributed by atoms with Crippen LogP contribution in [0.1, 0.15) is 66.2 Å². The van der Waals surface area contributed by atoms with Crippen molar-refractivity contribution in [2.24, 2.45) is 40.1 Å². The summed E-state index contributed by atoms with van der Waals surface area (Å²) in [5, 5.41) is 0. The van der Waals surface area contributed by atoms with Gasteiger partial charge in [-0.2, -0.15) is 0 Å². The molecule has 0 atom stereocenters. The second-order valence-electron chi connectivity index (χ2n) is 12.7. The third kappa shape index (κ3) is 17.5. The molecule has 0 saturated heterocycles. The quantitative estimate of drug-likeness (QED) is 0.0416. The molecule has 0 aromatic carbocycles. The third-order valence-corrected chi connectivity index (χ3v) is 8.56. The molecule has 296 valence electrons. The van der Waals surface area contributed by atoms with Crippen molar-refractivity contribution >= 4 is 35.4 Å². The van der Waals surface area contributed by atoms with Gasteiger partial charge >= 0.3 is 0 Å². The molecule has 0 spiro atoms. The van der Waals surface area contributed by atoms with Gasteiger partial charge in [-0.05, 0) is 27.7 Å². The topological polar surface area (TPSA) is 307 Å². The molecule has 0 heterocycles. The van der Waals surface area contributed by atoms with Crippen molar-refractivity contribution in [2.45, 2.75) is 71.8 Å². The summed E-state index contributed by atoms with van der Waals surface area (Å²) in [5.74, 6) is -1.76. The molecule has 0 fully saturated rings. The average Bonchev–Trinajstić information content (AvgIpc) is 3.09. The van der Waals surface area contributed by atoms with Crippen LogP contribution >= 0.6 is 0 Å². The van der Waals surface area contributed by atoms with Crippen LogP contribution in [0.5, 0.6) is 0 Å². The van der Waals surface area contributed by atoms with E-state index in [4.69, 9.17) is 40.1 Å². The zero-order valence-electron chi connectivity index (χ0n) is 31.3. The van der Waals surface area contributed by atoms with Crippen molar-refractivity contribution in [3.63, 3.8) is 0 Å². The van der Waals surface area contributed by atoms with Gasteiger partial charge in [0.15, 0.2) is 0 Å². The molecule has 51 heavy (non-hydrogen) atoms. The van der Waals surface area contributed by atoms with Crippen LogP contribution in [-0.2, 0) is 28.8 Å². The predicted molar refractivity (Wildman–Crippen MR) is 193 cm³/mol. The minimum absolute atomic E-state index is 0.0241. The van der Waals surface area contributed by atoms with Crippen molar-refractivity contribution in [1.29, 1.82) is 0 Å². The molecule has 20 nitrogen and oxygen atoms in total. The maximum absolute atomic E-state index is 13.6. The highest BCUT2D eigenvalue weighted by molar-refractivity contribution is 5.82. The van der Waals surface area contributed by atoms with E-state index in [9.17, 15) is 28.8 Å². The fraction of sp³-hybridized carbons (Fsp3) is 0.806. The van der Waals surface area contributed by atoms with Crippen LogP contribution in [-0.4, -0.2) is 168 Å². The first-order valence-corrected chi connectivity index (χ1v) is 17.4. The first-order valence-electron chi connectivity index (χ1n) is 17.4. The molecule has 0 unspecified atom stereocenters. The number of carbonyl (C=O) groups excluding carboxylic acids is 6. The highest BCUT2D eigenvalue weighted by Gasteiger charge is 2.27. The Morgan fingerprint density at radius 2 is 0.588 bits per heavy atom. The molecular weight excluding hydrogens is 664 g/mol. The number of hydrogen-bond acceptors (Lipinski definition) is 14. The number of nitrogens with two attached hydrogens (primary N) is 7. The molecule has 0 aliphatic rings. The number of nitrogens with zero attached hydrogens (tertiary/aromatic N) is 7.